The molecule has 0 bridgehead atoms. The van der Waals surface area contributed by atoms with Gasteiger partial charge in [0, 0.05) is 24.4 Å². The summed E-state index contributed by atoms with van der Waals surface area (Å²) in [5.41, 5.74) is -0.0443. The molecule has 3 aromatic carbocycles. The standard InChI is InChI=1S/C22H20F2N2O5S/c1-30-11-12-31-21-10-9-16(14-19(21)24)25-22(27)15-5-4-6-17(13-15)32(28,29)26-20-8-3-2-7-18(20)23/h2-10,13-14,26H,11-12H2,1H3,(H,25,27). The molecule has 1 amide bonds. The normalized spacial score (nSPS) is 11.1. The molecule has 0 unspecified atom stereocenters. The van der Waals surface area contributed by atoms with Crippen LogP contribution in [-0.2, 0) is 14.8 Å². The number of rotatable bonds is 9. The molecule has 0 aliphatic carbocycles. The van der Waals surface area contributed by atoms with Crippen molar-refractivity contribution in [1.82, 2.24) is 0 Å². The maximum absolute atomic E-state index is 14.2. The second-order valence-corrected chi connectivity index (χ2v) is 8.24. The Bertz CT molecular complexity index is 1220. The van der Waals surface area contributed by atoms with Gasteiger partial charge in [-0.15, -0.1) is 0 Å². The molecule has 0 fully saturated rings. The average molecular weight is 462 g/mol. The highest BCUT2D eigenvalue weighted by molar-refractivity contribution is 7.92. The molecule has 168 valence electrons. The Kier molecular flexibility index (Phi) is 7.39. The predicted molar refractivity (Wildman–Crippen MR) is 115 cm³/mol. The summed E-state index contributed by atoms with van der Waals surface area (Å²) in [6, 6.07) is 14.4. The van der Waals surface area contributed by atoms with Gasteiger partial charge in [0.1, 0.15) is 12.4 Å². The molecule has 10 heteroatoms. The molecule has 0 aliphatic heterocycles. The fourth-order valence-corrected chi connectivity index (χ4v) is 3.80. The quantitative estimate of drug-likeness (QED) is 0.468. The highest BCUT2D eigenvalue weighted by atomic mass is 32.2. The molecule has 3 aromatic rings. The van der Waals surface area contributed by atoms with E-state index in [1.54, 1.807) is 0 Å². The molecule has 0 saturated carbocycles. The van der Waals surface area contributed by atoms with Crippen LogP contribution >= 0.6 is 0 Å². The zero-order chi connectivity index (χ0) is 23.1. The molecule has 32 heavy (non-hydrogen) atoms. The van der Waals surface area contributed by atoms with E-state index >= 15 is 0 Å². The number of hydrogen-bond acceptors (Lipinski definition) is 5. The van der Waals surface area contributed by atoms with Gasteiger partial charge in [-0.2, -0.15) is 0 Å². The number of sulfonamides is 1. The number of para-hydroxylation sites is 1. The van der Waals surface area contributed by atoms with Gasteiger partial charge in [0.25, 0.3) is 15.9 Å². The van der Waals surface area contributed by atoms with Gasteiger partial charge in [0.15, 0.2) is 11.6 Å². The van der Waals surface area contributed by atoms with Crippen LogP contribution in [0.1, 0.15) is 10.4 Å². The lowest BCUT2D eigenvalue weighted by Gasteiger charge is -2.11. The van der Waals surface area contributed by atoms with Crippen molar-refractivity contribution in [2.24, 2.45) is 0 Å². The van der Waals surface area contributed by atoms with Crippen molar-refractivity contribution in [2.75, 3.05) is 30.4 Å². The smallest absolute Gasteiger partial charge is 0.262 e. The molecule has 0 atom stereocenters. The van der Waals surface area contributed by atoms with Crippen molar-refractivity contribution >= 4 is 27.3 Å². The molecule has 2 N–H and O–H groups in total. The van der Waals surface area contributed by atoms with Crippen LogP contribution in [0, 0.1) is 11.6 Å². The Morgan fingerprint density at radius 2 is 1.72 bits per heavy atom. The number of halogens is 2. The highest BCUT2D eigenvalue weighted by Gasteiger charge is 2.18. The van der Waals surface area contributed by atoms with Crippen LogP contribution in [0.2, 0.25) is 0 Å². The molecular weight excluding hydrogens is 442 g/mol. The number of nitrogens with one attached hydrogen (secondary N) is 2. The van der Waals surface area contributed by atoms with E-state index in [-0.39, 0.29) is 34.2 Å². The van der Waals surface area contributed by atoms with Crippen LogP contribution in [0.15, 0.2) is 71.6 Å². The van der Waals surface area contributed by atoms with E-state index in [4.69, 9.17) is 9.47 Å². The first-order valence-electron chi connectivity index (χ1n) is 9.40. The number of hydrogen-bond donors (Lipinski definition) is 2. The van der Waals surface area contributed by atoms with Crippen molar-refractivity contribution < 1.29 is 31.5 Å². The van der Waals surface area contributed by atoms with Crippen molar-refractivity contribution in [3.8, 4) is 5.75 Å². The summed E-state index contributed by atoms with van der Waals surface area (Å²) < 4.78 is 65.3. The predicted octanol–water partition coefficient (Wildman–Crippen LogP) is 4.04. The maximum atomic E-state index is 14.2. The van der Waals surface area contributed by atoms with Gasteiger partial charge in [-0.25, -0.2) is 17.2 Å². The minimum atomic E-state index is -4.14. The number of carbonyl (C=O) groups excluding carboxylic acids is 1. The second kappa shape index (κ2) is 10.2. The van der Waals surface area contributed by atoms with Crippen molar-refractivity contribution in [1.29, 1.82) is 0 Å². The average Bonchev–Trinajstić information content (AvgIpc) is 2.77. The molecule has 0 aromatic heterocycles. The van der Waals surface area contributed by atoms with Gasteiger partial charge >= 0.3 is 0 Å². The van der Waals surface area contributed by atoms with Gasteiger partial charge in [0.2, 0.25) is 0 Å². The number of methoxy groups -OCH3 is 1. The van der Waals surface area contributed by atoms with Crippen molar-refractivity contribution in [3.63, 3.8) is 0 Å². The van der Waals surface area contributed by atoms with E-state index in [9.17, 15) is 22.0 Å². The Morgan fingerprint density at radius 1 is 0.938 bits per heavy atom. The third-order valence-electron chi connectivity index (χ3n) is 4.26. The van der Waals surface area contributed by atoms with E-state index in [1.165, 1.54) is 55.6 Å². The Hall–Kier alpha value is -3.50. The summed E-state index contributed by atoms with van der Waals surface area (Å²) in [5, 5.41) is 2.50. The van der Waals surface area contributed by atoms with Crippen LogP contribution in [0.4, 0.5) is 20.2 Å². The Morgan fingerprint density at radius 3 is 2.44 bits per heavy atom. The van der Waals surface area contributed by atoms with E-state index < -0.39 is 27.6 Å². The Balaban J connectivity index is 1.74. The molecular formula is C22H20F2N2O5S. The van der Waals surface area contributed by atoms with Gasteiger partial charge < -0.3 is 14.8 Å². The monoisotopic (exact) mass is 462 g/mol. The highest BCUT2D eigenvalue weighted by Crippen LogP contribution is 2.23. The van der Waals surface area contributed by atoms with Crippen LogP contribution in [0.5, 0.6) is 5.75 Å². The SMILES string of the molecule is COCCOc1ccc(NC(=O)c2cccc(S(=O)(=O)Nc3ccccc3F)c2)cc1F. The second-order valence-electron chi connectivity index (χ2n) is 6.55. The lowest BCUT2D eigenvalue weighted by atomic mass is 10.2. The molecule has 0 radical (unpaired) electrons. The van der Waals surface area contributed by atoms with Crippen LogP contribution < -0.4 is 14.8 Å². The topological polar surface area (TPSA) is 93.7 Å². The first kappa shape index (κ1) is 23.2. The molecule has 0 aliphatic rings. The van der Waals surface area contributed by atoms with E-state index in [0.29, 0.717) is 6.61 Å². The largest absolute Gasteiger partial charge is 0.488 e. The fourth-order valence-electron chi connectivity index (χ4n) is 2.69. The van der Waals surface area contributed by atoms with Gasteiger partial charge in [-0.1, -0.05) is 18.2 Å². The molecule has 0 heterocycles. The van der Waals surface area contributed by atoms with Crippen molar-refractivity contribution in [3.05, 3.63) is 83.9 Å². The van der Waals surface area contributed by atoms with Crippen LogP contribution in [-0.4, -0.2) is 34.6 Å². The fraction of sp³-hybridized carbons (Fsp3) is 0.136. The van der Waals surface area contributed by atoms with E-state index in [1.807, 2.05) is 0 Å². The summed E-state index contributed by atoms with van der Waals surface area (Å²) in [7, 11) is -2.65. The Labute approximate surface area is 184 Å². The van der Waals surface area contributed by atoms with Gasteiger partial charge in [-0.3, -0.25) is 9.52 Å². The van der Waals surface area contributed by atoms with Crippen LogP contribution in [0.25, 0.3) is 0 Å². The first-order valence-corrected chi connectivity index (χ1v) is 10.9. The number of anilines is 2. The molecule has 0 saturated heterocycles. The third-order valence-corrected chi connectivity index (χ3v) is 5.62. The maximum Gasteiger partial charge on any atom is 0.262 e. The molecule has 0 spiro atoms. The van der Waals surface area contributed by atoms with Gasteiger partial charge in [0.05, 0.1) is 17.2 Å². The summed E-state index contributed by atoms with van der Waals surface area (Å²) >= 11 is 0. The lowest BCUT2D eigenvalue weighted by molar-refractivity contribution is 0.102. The molecule has 3 rings (SSSR count). The zero-order valence-corrected chi connectivity index (χ0v) is 17.8. The van der Waals surface area contributed by atoms with Crippen LogP contribution in [0.3, 0.4) is 0 Å². The van der Waals surface area contributed by atoms with Gasteiger partial charge in [-0.05, 0) is 42.5 Å². The molecule has 7 nitrogen and oxygen atoms in total. The summed E-state index contributed by atoms with van der Waals surface area (Å²) in [5.74, 6) is -2.06. The van der Waals surface area contributed by atoms with E-state index in [0.717, 1.165) is 18.2 Å². The first-order chi connectivity index (χ1) is 15.3. The van der Waals surface area contributed by atoms with E-state index in [2.05, 4.69) is 10.0 Å². The van der Waals surface area contributed by atoms with Crippen molar-refractivity contribution in [2.45, 2.75) is 4.90 Å². The number of amides is 1. The third kappa shape index (κ3) is 5.80. The summed E-state index contributed by atoms with van der Waals surface area (Å²) in [6.45, 7) is 0.463. The number of benzene rings is 3. The lowest BCUT2D eigenvalue weighted by Crippen LogP contribution is -2.16. The zero-order valence-electron chi connectivity index (χ0n) is 17.0. The summed E-state index contributed by atoms with van der Waals surface area (Å²) in [4.78, 5) is 12.3. The number of ether oxygens (including phenoxy) is 2. The number of carbonyl (C=O) groups is 1. The minimum Gasteiger partial charge on any atom is -0.488 e. The minimum absolute atomic E-state index is 0.00681. The summed E-state index contributed by atoms with van der Waals surface area (Å²) in [6.07, 6.45) is 0.